The van der Waals surface area contributed by atoms with Crippen LogP contribution in [0.3, 0.4) is 0 Å². The highest BCUT2D eigenvalue weighted by molar-refractivity contribution is 5.90. The second-order valence-electron chi connectivity index (χ2n) is 9.55. The summed E-state index contributed by atoms with van der Waals surface area (Å²) in [4.78, 5) is 26.6. The Labute approximate surface area is 220 Å². The normalized spacial score (nSPS) is 17.6. The van der Waals surface area contributed by atoms with Crippen molar-refractivity contribution in [3.05, 3.63) is 100 Å². The van der Waals surface area contributed by atoms with E-state index in [1.165, 1.54) is 0 Å². The number of aryl methyl sites for hydroxylation is 1. The molecule has 4 rings (SSSR count). The number of rotatable bonds is 9. The van der Waals surface area contributed by atoms with Gasteiger partial charge in [-0.25, -0.2) is 5.48 Å². The molecule has 9 heteroatoms. The first-order chi connectivity index (χ1) is 18.3. The van der Waals surface area contributed by atoms with Gasteiger partial charge in [-0.3, -0.25) is 14.8 Å². The standard InChI is InChI=1S/C29H30N4O5/c1-17-9-10-21(24(34)11-17)13-23(28(36)33-38)27(31-16-19-6-4-5-18(12-19)15-30)29(37)32-26-22-8-3-2-7-20(22)14-25(26)35/h2-12,23,25-27,31,34-35,38H,13-14,16H2,1H3,(H,32,37)(H,33,36)/t23-,25-,26-,27+/m0/s1. The Kier molecular flexibility index (Phi) is 8.38. The third kappa shape index (κ3) is 6.01. The summed E-state index contributed by atoms with van der Waals surface area (Å²) in [6.45, 7) is 1.96. The van der Waals surface area contributed by atoms with Crippen LogP contribution in [-0.4, -0.2) is 39.4 Å². The number of fused-ring (bicyclic) bond motifs is 1. The highest BCUT2D eigenvalue weighted by atomic mass is 16.5. The Morgan fingerprint density at radius 1 is 1.08 bits per heavy atom. The first kappa shape index (κ1) is 26.8. The number of aromatic hydroxyl groups is 1. The molecule has 0 bridgehead atoms. The number of carbonyl (C=O) groups excluding carboxylic acids is 2. The summed E-state index contributed by atoms with van der Waals surface area (Å²) in [6, 6.07) is 19.5. The molecule has 2 amide bonds. The average Bonchev–Trinajstić information content (AvgIpc) is 3.23. The quantitative estimate of drug-likeness (QED) is 0.189. The average molecular weight is 515 g/mol. The van der Waals surface area contributed by atoms with Gasteiger partial charge in [-0.2, -0.15) is 5.26 Å². The van der Waals surface area contributed by atoms with E-state index in [1.807, 2.05) is 31.2 Å². The van der Waals surface area contributed by atoms with Crippen molar-refractivity contribution < 1.29 is 25.0 Å². The fourth-order valence-electron chi connectivity index (χ4n) is 4.92. The SMILES string of the molecule is Cc1ccc(C[C@H](C(=O)NO)[C@@H](NCc2cccc(C#N)c2)C(=O)N[C@H]2c3ccccc3C[C@@H]2O)c(O)c1. The van der Waals surface area contributed by atoms with Crippen LogP contribution in [0.25, 0.3) is 0 Å². The zero-order valence-corrected chi connectivity index (χ0v) is 20.9. The van der Waals surface area contributed by atoms with Gasteiger partial charge in [0.2, 0.25) is 11.8 Å². The summed E-state index contributed by atoms with van der Waals surface area (Å²) in [7, 11) is 0. The van der Waals surface area contributed by atoms with E-state index in [9.17, 15) is 30.3 Å². The lowest BCUT2D eigenvalue weighted by Crippen LogP contribution is -2.54. The maximum absolute atomic E-state index is 13.7. The molecule has 0 spiro atoms. The molecular formula is C29H30N4O5. The Morgan fingerprint density at radius 3 is 2.61 bits per heavy atom. The molecule has 38 heavy (non-hydrogen) atoms. The molecule has 1 aliphatic rings. The van der Waals surface area contributed by atoms with E-state index < -0.39 is 35.9 Å². The Bertz CT molecular complexity index is 1370. The van der Waals surface area contributed by atoms with Gasteiger partial charge in [-0.1, -0.05) is 48.5 Å². The largest absolute Gasteiger partial charge is 0.508 e. The van der Waals surface area contributed by atoms with Crippen molar-refractivity contribution in [1.29, 1.82) is 5.26 Å². The van der Waals surface area contributed by atoms with E-state index in [2.05, 4.69) is 16.7 Å². The fraction of sp³-hybridized carbons (Fsp3) is 0.276. The number of hydroxylamine groups is 1. The minimum atomic E-state index is -1.16. The highest BCUT2D eigenvalue weighted by Gasteiger charge is 2.38. The van der Waals surface area contributed by atoms with E-state index >= 15 is 0 Å². The van der Waals surface area contributed by atoms with Crippen molar-refractivity contribution in [3.8, 4) is 11.8 Å². The van der Waals surface area contributed by atoms with E-state index in [0.29, 0.717) is 17.5 Å². The number of carbonyl (C=O) groups is 2. The van der Waals surface area contributed by atoms with Crippen LogP contribution >= 0.6 is 0 Å². The maximum atomic E-state index is 13.7. The van der Waals surface area contributed by atoms with Crippen molar-refractivity contribution >= 4 is 11.8 Å². The van der Waals surface area contributed by atoms with Gasteiger partial charge in [0.1, 0.15) is 5.75 Å². The number of nitrogens with zero attached hydrogens (tertiary/aromatic N) is 1. The van der Waals surface area contributed by atoms with Crippen molar-refractivity contribution in [3.63, 3.8) is 0 Å². The number of phenolic OH excluding ortho intramolecular Hbond substituents is 1. The molecular weight excluding hydrogens is 484 g/mol. The van der Waals surface area contributed by atoms with Crippen LogP contribution in [0.2, 0.25) is 0 Å². The molecule has 196 valence electrons. The fourth-order valence-corrected chi connectivity index (χ4v) is 4.92. The molecule has 6 N–H and O–H groups in total. The number of amides is 2. The Hall–Kier alpha value is -4.23. The highest BCUT2D eigenvalue weighted by Crippen LogP contribution is 2.32. The molecule has 0 aromatic heterocycles. The summed E-state index contributed by atoms with van der Waals surface area (Å²) in [5.41, 5.74) is 5.81. The van der Waals surface area contributed by atoms with Crippen LogP contribution in [0, 0.1) is 24.2 Å². The number of nitriles is 1. The topological polar surface area (TPSA) is 155 Å². The van der Waals surface area contributed by atoms with Crippen LogP contribution in [0.15, 0.2) is 66.7 Å². The number of hydrogen-bond donors (Lipinski definition) is 6. The lowest BCUT2D eigenvalue weighted by molar-refractivity contribution is -0.138. The predicted molar refractivity (Wildman–Crippen MR) is 139 cm³/mol. The minimum Gasteiger partial charge on any atom is -0.508 e. The van der Waals surface area contributed by atoms with Crippen LogP contribution in [0.4, 0.5) is 0 Å². The van der Waals surface area contributed by atoms with Crippen LogP contribution < -0.4 is 16.1 Å². The lowest BCUT2D eigenvalue weighted by atomic mass is 9.89. The lowest BCUT2D eigenvalue weighted by Gasteiger charge is -2.28. The Morgan fingerprint density at radius 2 is 1.87 bits per heavy atom. The van der Waals surface area contributed by atoms with E-state index in [4.69, 9.17) is 0 Å². The predicted octanol–water partition coefficient (Wildman–Crippen LogP) is 2.17. The smallest absolute Gasteiger partial charge is 0.248 e. The Balaban J connectivity index is 1.65. The molecule has 0 aliphatic heterocycles. The zero-order chi connectivity index (χ0) is 27.2. The summed E-state index contributed by atoms with van der Waals surface area (Å²) in [6.07, 6.45) is -0.501. The summed E-state index contributed by atoms with van der Waals surface area (Å²) >= 11 is 0. The van der Waals surface area contributed by atoms with Gasteiger partial charge >= 0.3 is 0 Å². The number of aliphatic hydroxyl groups is 1. The minimum absolute atomic E-state index is 0.0261. The van der Waals surface area contributed by atoms with Crippen molar-refractivity contribution in [2.45, 2.75) is 44.5 Å². The molecule has 0 fully saturated rings. The second kappa shape index (κ2) is 11.9. The third-order valence-electron chi connectivity index (χ3n) is 6.90. The van der Waals surface area contributed by atoms with Gasteiger partial charge in [0.05, 0.1) is 35.7 Å². The monoisotopic (exact) mass is 514 g/mol. The number of phenols is 1. The van der Waals surface area contributed by atoms with E-state index in [-0.39, 0.29) is 18.7 Å². The third-order valence-corrected chi connectivity index (χ3v) is 6.90. The van der Waals surface area contributed by atoms with E-state index in [0.717, 1.165) is 22.3 Å². The molecule has 0 saturated heterocycles. The molecule has 1 aliphatic carbocycles. The molecule has 9 nitrogen and oxygen atoms in total. The first-order valence-corrected chi connectivity index (χ1v) is 12.3. The number of aliphatic hydroxyl groups excluding tert-OH is 1. The molecule has 3 aromatic carbocycles. The molecule has 0 unspecified atom stereocenters. The first-order valence-electron chi connectivity index (χ1n) is 12.3. The van der Waals surface area contributed by atoms with Crippen molar-refractivity contribution in [2.75, 3.05) is 0 Å². The summed E-state index contributed by atoms with van der Waals surface area (Å²) in [5, 5.41) is 45.9. The summed E-state index contributed by atoms with van der Waals surface area (Å²) in [5.74, 6) is -2.51. The number of nitrogens with one attached hydrogen (secondary N) is 3. The zero-order valence-electron chi connectivity index (χ0n) is 20.9. The molecule has 0 radical (unpaired) electrons. The second-order valence-corrected chi connectivity index (χ2v) is 9.55. The molecule has 0 saturated carbocycles. The van der Waals surface area contributed by atoms with Crippen LogP contribution in [-0.2, 0) is 29.0 Å². The van der Waals surface area contributed by atoms with Gasteiger partial charge in [-0.15, -0.1) is 0 Å². The molecule has 4 atom stereocenters. The van der Waals surface area contributed by atoms with Gasteiger partial charge in [0.15, 0.2) is 0 Å². The molecule has 0 heterocycles. The maximum Gasteiger partial charge on any atom is 0.248 e. The van der Waals surface area contributed by atoms with E-state index in [1.54, 1.807) is 47.9 Å². The van der Waals surface area contributed by atoms with Crippen LogP contribution in [0.5, 0.6) is 5.75 Å². The van der Waals surface area contributed by atoms with Gasteiger partial charge in [0.25, 0.3) is 0 Å². The van der Waals surface area contributed by atoms with Crippen molar-refractivity contribution in [2.24, 2.45) is 5.92 Å². The van der Waals surface area contributed by atoms with Gasteiger partial charge < -0.3 is 20.8 Å². The number of hydrogen-bond acceptors (Lipinski definition) is 7. The number of benzene rings is 3. The van der Waals surface area contributed by atoms with Crippen LogP contribution in [0.1, 0.15) is 39.4 Å². The summed E-state index contributed by atoms with van der Waals surface area (Å²) < 4.78 is 0. The van der Waals surface area contributed by atoms with Gasteiger partial charge in [0, 0.05) is 13.0 Å². The molecule has 3 aromatic rings. The van der Waals surface area contributed by atoms with Crippen molar-refractivity contribution in [1.82, 2.24) is 16.1 Å². The van der Waals surface area contributed by atoms with Gasteiger partial charge in [-0.05, 0) is 59.4 Å².